The zero-order chi connectivity index (χ0) is 22.2. The summed E-state index contributed by atoms with van der Waals surface area (Å²) in [7, 11) is 0. The first-order chi connectivity index (χ1) is 14.8. The zero-order valence-corrected chi connectivity index (χ0v) is 18.4. The lowest BCUT2D eigenvalue weighted by atomic mass is 9.76. The third kappa shape index (κ3) is 4.35. The van der Waals surface area contributed by atoms with Gasteiger partial charge < -0.3 is 10.2 Å². The number of imide groups is 1. The van der Waals surface area contributed by atoms with Crippen LogP contribution in [0.25, 0.3) is 10.4 Å². The topological polar surface area (TPSA) is 78.5 Å². The Balaban J connectivity index is 1.42. The maximum atomic E-state index is 13.3. The number of carbonyl (C=O) groups is 3. The minimum absolute atomic E-state index is 0.0363. The van der Waals surface area contributed by atoms with Crippen molar-refractivity contribution in [2.45, 2.75) is 57.7 Å². The second-order valence-corrected chi connectivity index (χ2v) is 9.77. The Kier molecular flexibility index (Phi) is 5.83. The van der Waals surface area contributed by atoms with Crippen molar-refractivity contribution in [1.82, 2.24) is 15.5 Å². The molecule has 6 nitrogen and oxygen atoms in total. The largest absolute Gasteiger partial charge is 0.335 e. The van der Waals surface area contributed by atoms with Gasteiger partial charge in [-0.3, -0.25) is 14.9 Å². The van der Waals surface area contributed by atoms with Crippen LogP contribution in [-0.2, 0) is 16.1 Å². The molecule has 2 N–H and O–H groups in total. The number of halogens is 1. The third-order valence-corrected chi connectivity index (χ3v) is 7.34. The van der Waals surface area contributed by atoms with Crippen LogP contribution in [0.2, 0.25) is 0 Å². The normalized spacial score (nSPS) is 23.2. The van der Waals surface area contributed by atoms with Crippen molar-refractivity contribution < 1.29 is 18.8 Å². The Morgan fingerprint density at radius 1 is 1.16 bits per heavy atom. The number of hydrogen-bond acceptors (Lipinski definition) is 4. The van der Waals surface area contributed by atoms with Crippen LogP contribution in [0.15, 0.2) is 36.4 Å². The molecule has 8 heteroatoms. The van der Waals surface area contributed by atoms with Gasteiger partial charge in [-0.1, -0.05) is 12.1 Å². The third-order valence-electron chi connectivity index (χ3n) is 6.23. The number of amides is 4. The molecule has 164 valence electrons. The lowest BCUT2D eigenvalue weighted by Gasteiger charge is -2.37. The molecule has 2 aromatic rings. The van der Waals surface area contributed by atoms with Crippen LogP contribution in [0.1, 0.15) is 44.4 Å². The van der Waals surface area contributed by atoms with E-state index in [-0.39, 0.29) is 29.6 Å². The number of benzene rings is 1. The smallest absolute Gasteiger partial charge is 0.322 e. The van der Waals surface area contributed by atoms with Gasteiger partial charge >= 0.3 is 6.03 Å². The second-order valence-electron chi connectivity index (χ2n) is 8.60. The van der Waals surface area contributed by atoms with Crippen LogP contribution in [0, 0.1) is 11.7 Å². The summed E-state index contributed by atoms with van der Waals surface area (Å²) in [5.41, 5.74) is 0.100. The SMILES string of the molecule is CC(C)N(Cc1ccc(-c2ccc(F)cc2)s1)C(=O)C1CCC2(CC1)NC(=O)NC2=O. The average Bonchev–Trinajstić information content (AvgIpc) is 3.31. The lowest BCUT2D eigenvalue weighted by Crippen LogP contribution is -2.51. The van der Waals surface area contributed by atoms with Crippen molar-refractivity contribution >= 4 is 29.2 Å². The van der Waals surface area contributed by atoms with Crippen molar-refractivity contribution in [1.29, 1.82) is 0 Å². The van der Waals surface area contributed by atoms with Crippen molar-refractivity contribution in [2.24, 2.45) is 5.92 Å². The van der Waals surface area contributed by atoms with Crippen LogP contribution < -0.4 is 10.6 Å². The van der Waals surface area contributed by atoms with Crippen molar-refractivity contribution in [3.63, 3.8) is 0 Å². The molecule has 1 aromatic carbocycles. The van der Waals surface area contributed by atoms with E-state index in [2.05, 4.69) is 10.6 Å². The molecular formula is C23H26FN3O3S. The summed E-state index contributed by atoms with van der Waals surface area (Å²) in [6, 6.07) is 10.0. The summed E-state index contributed by atoms with van der Waals surface area (Å²) in [5.74, 6) is -0.613. The van der Waals surface area contributed by atoms with Crippen LogP contribution in [0.3, 0.4) is 0 Å². The second kappa shape index (κ2) is 8.42. The Morgan fingerprint density at radius 3 is 2.42 bits per heavy atom. The van der Waals surface area contributed by atoms with Gasteiger partial charge in [0, 0.05) is 21.7 Å². The summed E-state index contributed by atoms with van der Waals surface area (Å²) >= 11 is 1.60. The zero-order valence-electron chi connectivity index (χ0n) is 17.6. The summed E-state index contributed by atoms with van der Waals surface area (Å²) in [4.78, 5) is 41.0. The van der Waals surface area contributed by atoms with Crippen molar-refractivity contribution in [3.05, 3.63) is 47.1 Å². The molecular weight excluding hydrogens is 417 g/mol. The van der Waals surface area contributed by atoms with Crippen LogP contribution in [0.4, 0.5) is 9.18 Å². The van der Waals surface area contributed by atoms with Crippen LogP contribution >= 0.6 is 11.3 Å². The molecule has 1 saturated heterocycles. The van der Waals surface area contributed by atoms with Gasteiger partial charge in [0.2, 0.25) is 5.91 Å². The molecule has 0 bridgehead atoms. The first-order valence-corrected chi connectivity index (χ1v) is 11.4. The highest BCUT2D eigenvalue weighted by Crippen LogP contribution is 2.36. The van der Waals surface area contributed by atoms with Gasteiger partial charge in [0.05, 0.1) is 6.54 Å². The number of carbonyl (C=O) groups excluding carboxylic acids is 3. The van der Waals surface area contributed by atoms with E-state index in [1.807, 2.05) is 30.9 Å². The van der Waals surface area contributed by atoms with Crippen molar-refractivity contribution in [2.75, 3.05) is 0 Å². The summed E-state index contributed by atoms with van der Waals surface area (Å²) in [6.07, 6.45) is 2.09. The minimum atomic E-state index is -0.853. The number of hydrogen-bond donors (Lipinski definition) is 2. The molecule has 2 fully saturated rings. The quantitative estimate of drug-likeness (QED) is 0.684. The number of urea groups is 1. The van der Waals surface area contributed by atoms with E-state index in [0.717, 1.165) is 15.3 Å². The summed E-state index contributed by atoms with van der Waals surface area (Å²) in [5, 5.41) is 5.06. The number of rotatable bonds is 5. The maximum Gasteiger partial charge on any atom is 0.322 e. The predicted octanol–water partition coefficient (Wildman–Crippen LogP) is 4.06. The Labute approximate surface area is 184 Å². The van der Waals surface area contributed by atoms with Crippen LogP contribution in [-0.4, -0.2) is 34.3 Å². The van der Waals surface area contributed by atoms with Gasteiger partial charge in [0.15, 0.2) is 0 Å². The highest BCUT2D eigenvalue weighted by Gasteiger charge is 2.49. The van der Waals surface area contributed by atoms with Gasteiger partial charge in [-0.2, -0.15) is 0 Å². The monoisotopic (exact) mass is 443 g/mol. The molecule has 1 aromatic heterocycles. The molecule has 1 aliphatic carbocycles. The van der Waals surface area contributed by atoms with E-state index in [1.165, 1.54) is 12.1 Å². The average molecular weight is 444 g/mol. The fourth-order valence-corrected chi connectivity index (χ4v) is 5.40. The first kappa shape index (κ1) is 21.5. The van der Waals surface area contributed by atoms with E-state index in [0.29, 0.717) is 32.2 Å². The fraction of sp³-hybridized carbons (Fsp3) is 0.435. The highest BCUT2D eigenvalue weighted by molar-refractivity contribution is 7.15. The van der Waals surface area contributed by atoms with E-state index in [9.17, 15) is 18.8 Å². The summed E-state index contributed by atoms with van der Waals surface area (Å²) < 4.78 is 13.2. The molecule has 31 heavy (non-hydrogen) atoms. The molecule has 4 amide bonds. The van der Waals surface area contributed by atoms with E-state index >= 15 is 0 Å². The number of nitrogens with one attached hydrogen (secondary N) is 2. The van der Waals surface area contributed by atoms with E-state index in [1.54, 1.807) is 23.5 Å². The molecule has 0 unspecified atom stereocenters. The molecule has 1 spiro atoms. The minimum Gasteiger partial charge on any atom is -0.335 e. The fourth-order valence-electron chi connectivity index (χ4n) is 4.39. The Morgan fingerprint density at radius 2 is 1.84 bits per heavy atom. The first-order valence-electron chi connectivity index (χ1n) is 10.6. The molecule has 4 rings (SSSR count). The van der Waals surface area contributed by atoms with Gasteiger partial charge in [0.25, 0.3) is 5.91 Å². The number of thiophene rings is 1. The molecule has 1 aliphatic heterocycles. The van der Waals surface area contributed by atoms with Crippen molar-refractivity contribution in [3.8, 4) is 10.4 Å². The summed E-state index contributed by atoms with van der Waals surface area (Å²) in [6.45, 7) is 4.52. The number of nitrogens with zero attached hydrogens (tertiary/aromatic N) is 1. The Bertz CT molecular complexity index is 994. The van der Waals surface area contributed by atoms with E-state index < -0.39 is 11.6 Å². The molecule has 0 radical (unpaired) electrons. The predicted molar refractivity (Wildman–Crippen MR) is 117 cm³/mol. The van der Waals surface area contributed by atoms with Gasteiger partial charge in [-0.25, -0.2) is 9.18 Å². The van der Waals surface area contributed by atoms with Gasteiger partial charge in [-0.05, 0) is 69.4 Å². The molecule has 2 heterocycles. The molecule has 0 atom stereocenters. The molecule has 1 saturated carbocycles. The standard InChI is InChI=1S/C23H26FN3O3S/c1-14(2)27(13-18-7-8-19(31-18)15-3-5-17(24)6-4-15)20(28)16-9-11-23(12-10-16)21(29)25-22(30)26-23/h3-8,14,16H,9-13H2,1-2H3,(H2,25,26,29,30). The highest BCUT2D eigenvalue weighted by atomic mass is 32.1. The van der Waals surface area contributed by atoms with Gasteiger partial charge in [-0.15, -0.1) is 11.3 Å². The van der Waals surface area contributed by atoms with E-state index in [4.69, 9.17) is 0 Å². The maximum absolute atomic E-state index is 13.3. The Hall–Kier alpha value is -2.74. The lowest BCUT2D eigenvalue weighted by molar-refractivity contribution is -0.140. The van der Waals surface area contributed by atoms with Crippen LogP contribution in [0.5, 0.6) is 0 Å². The van der Waals surface area contributed by atoms with Gasteiger partial charge in [0.1, 0.15) is 11.4 Å². The molecule has 2 aliphatic rings.